The van der Waals surface area contributed by atoms with Crippen LogP contribution >= 0.6 is 8.60 Å². The maximum absolute atomic E-state index is 12.0. The molecule has 0 aromatic heterocycles. The Kier molecular flexibility index (Phi) is 26.1. The van der Waals surface area contributed by atoms with Crippen LogP contribution in [0.2, 0.25) is 0 Å². The number of hydrogen-bond acceptors (Lipinski definition) is 5. The average Bonchev–Trinajstić information content (AvgIpc) is 2.86. The lowest BCUT2D eigenvalue weighted by atomic mass is 10.0. The van der Waals surface area contributed by atoms with E-state index >= 15 is 0 Å². The molecule has 0 heterocycles. The molecular formula is C30H63NO5P+. The fourth-order valence-electron chi connectivity index (χ4n) is 4.35. The minimum atomic E-state index is -1.90. The van der Waals surface area contributed by atoms with Gasteiger partial charge in [-0.25, -0.2) is 0 Å². The van der Waals surface area contributed by atoms with E-state index in [0.29, 0.717) is 32.7 Å². The summed E-state index contributed by atoms with van der Waals surface area (Å²) < 4.78 is 17.7. The second-order valence-corrected chi connectivity index (χ2v) is 12.7. The van der Waals surface area contributed by atoms with Crippen molar-refractivity contribution in [2.24, 2.45) is 5.92 Å². The van der Waals surface area contributed by atoms with E-state index in [1.54, 1.807) is 0 Å². The van der Waals surface area contributed by atoms with Gasteiger partial charge in [0.15, 0.2) is 0 Å². The molecule has 6 nitrogen and oxygen atoms in total. The van der Waals surface area contributed by atoms with Gasteiger partial charge < -0.3 is 23.2 Å². The van der Waals surface area contributed by atoms with E-state index in [4.69, 9.17) is 13.8 Å². The molecule has 37 heavy (non-hydrogen) atoms. The minimum absolute atomic E-state index is 0.0317. The molecule has 0 saturated carbocycles. The van der Waals surface area contributed by atoms with E-state index in [9.17, 15) is 9.69 Å². The molecule has 0 aromatic rings. The second kappa shape index (κ2) is 26.1. The summed E-state index contributed by atoms with van der Waals surface area (Å²) >= 11 is 0. The van der Waals surface area contributed by atoms with Crippen molar-refractivity contribution in [3.8, 4) is 0 Å². The number of hydrogen-bond donors (Lipinski definition) is 1. The Morgan fingerprint density at radius 1 is 0.703 bits per heavy atom. The maximum Gasteiger partial charge on any atom is 0.329 e. The van der Waals surface area contributed by atoms with E-state index in [2.05, 4.69) is 28.1 Å². The summed E-state index contributed by atoms with van der Waals surface area (Å²) in [7, 11) is 4.49. The zero-order valence-corrected chi connectivity index (χ0v) is 26.2. The van der Waals surface area contributed by atoms with Crippen molar-refractivity contribution in [3.63, 3.8) is 0 Å². The van der Waals surface area contributed by atoms with Crippen LogP contribution in [0.4, 0.5) is 0 Å². The molecule has 222 valence electrons. The minimum Gasteiger partial charge on any atom is -0.381 e. The fraction of sp³-hybridized carbons (Fsp3) is 0.967. The van der Waals surface area contributed by atoms with Crippen molar-refractivity contribution in [2.45, 2.75) is 129 Å². The van der Waals surface area contributed by atoms with E-state index < -0.39 is 8.60 Å². The lowest BCUT2D eigenvalue weighted by Crippen LogP contribution is -2.35. The number of Topliss-reactive ketones (excluding diaryl/α,β-unsaturated/α-hetero) is 1. The predicted molar refractivity (Wildman–Crippen MR) is 158 cm³/mol. The molecule has 0 radical (unpaired) electrons. The molecule has 0 saturated heterocycles. The van der Waals surface area contributed by atoms with Gasteiger partial charge in [-0.3, -0.25) is 4.79 Å². The highest BCUT2D eigenvalue weighted by molar-refractivity contribution is 7.40. The molecule has 0 rings (SSSR count). The summed E-state index contributed by atoms with van der Waals surface area (Å²) in [5.74, 6) is 0.172. The monoisotopic (exact) mass is 548 g/mol. The number of rotatable bonds is 29. The summed E-state index contributed by atoms with van der Waals surface area (Å²) in [4.78, 5) is 22.0. The first-order chi connectivity index (χ1) is 17.8. The zero-order chi connectivity index (χ0) is 27.6. The molecule has 0 spiro atoms. The summed E-state index contributed by atoms with van der Waals surface area (Å²) in [6.45, 7) is 7.13. The number of unbranched alkanes of at least 4 members (excludes halogenated alkanes) is 14. The third-order valence-corrected chi connectivity index (χ3v) is 7.53. The number of quaternary nitrogens is 1. The standard InChI is InChI=1S/C30H63NO5P/c1-6-8-9-10-11-12-13-14-15-16-17-18-19-20-21-24-34-27-29(26-30(32)7-2)28-36-37(33)35-25-22-23-31(3,4)5/h29,33H,6-28H2,1-5H3/q+1. The largest absolute Gasteiger partial charge is 0.381 e. The quantitative estimate of drug-likeness (QED) is 0.0580. The van der Waals surface area contributed by atoms with E-state index in [1.165, 1.54) is 89.9 Å². The molecule has 0 aliphatic carbocycles. The summed E-state index contributed by atoms with van der Waals surface area (Å²) in [6, 6.07) is 0. The SMILES string of the molecule is CCCCCCCCCCCCCCCCCOCC(COP(O)OCCC[N+](C)(C)C)CC(=O)CC. The first kappa shape index (κ1) is 36.9. The Balaban J connectivity index is 3.72. The van der Waals surface area contributed by atoms with Crippen molar-refractivity contribution in [1.82, 2.24) is 0 Å². The summed E-state index contributed by atoms with van der Waals surface area (Å²) in [6.07, 6.45) is 22.1. The topological polar surface area (TPSA) is 65.0 Å². The number of ether oxygens (including phenoxy) is 1. The Hall–Kier alpha value is -0.100. The Bertz CT molecular complexity index is 501. The van der Waals surface area contributed by atoms with Gasteiger partial charge in [-0.15, -0.1) is 0 Å². The second-order valence-electron chi connectivity index (χ2n) is 11.7. The van der Waals surface area contributed by atoms with Crippen molar-refractivity contribution in [1.29, 1.82) is 0 Å². The van der Waals surface area contributed by atoms with Gasteiger partial charge in [0.2, 0.25) is 0 Å². The van der Waals surface area contributed by atoms with Gasteiger partial charge in [-0.1, -0.05) is 104 Å². The Morgan fingerprint density at radius 3 is 1.70 bits per heavy atom. The van der Waals surface area contributed by atoms with Crippen LogP contribution in [-0.2, 0) is 18.6 Å². The predicted octanol–water partition coefficient (Wildman–Crippen LogP) is 8.21. The van der Waals surface area contributed by atoms with Gasteiger partial charge in [0.1, 0.15) is 5.78 Å². The van der Waals surface area contributed by atoms with Crippen LogP contribution in [0.1, 0.15) is 129 Å². The van der Waals surface area contributed by atoms with Crippen LogP contribution < -0.4 is 0 Å². The van der Waals surface area contributed by atoms with Crippen LogP contribution in [0.25, 0.3) is 0 Å². The Morgan fingerprint density at radius 2 is 1.22 bits per heavy atom. The summed E-state index contributed by atoms with van der Waals surface area (Å²) in [5, 5.41) is 0. The van der Waals surface area contributed by atoms with Crippen molar-refractivity contribution < 1.29 is 28.0 Å². The molecule has 2 unspecified atom stereocenters. The van der Waals surface area contributed by atoms with Gasteiger partial charge in [-0.05, 0) is 6.42 Å². The normalized spacial score (nSPS) is 13.7. The first-order valence-electron chi connectivity index (χ1n) is 15.4. The number of nitrogens with zero attached hydrogens (tertiary/aromatic N) is 1. The lowest BCUT2D eigenvalue weighted by Gasteiger charge is -2.24. The van der Waals surface area contributed by atoms with Gasteiger partial charge in [0.05, 0.1) is 47.5 Å². The smallest absolute Gasteiger partial charge is 0.329 e. The molecule has 1 N–H and O–H groups in total. The molecule has 0 aromatic carbocycles. The molecule has 0 amide bonds. The molecular weight excluding hydrogens is 485 g/mol. The highest BCUT2D eigenvalue weighted by atomic mass is 31.2. The molecule has 0 bridgehead atoms. The van der Waals surface area contributed by atoms with Crippen molar-refractivity contribution >= 4 is 14.4 Å². The van der Waals surface area contributed by atoms with E-state index in [-0.39, 0.29) is 11.7 Å². The molecule has 0 aliphatic heterocycles. The zero-order valence-electron chi connectivity index (χ0n) is 25.3. The van der Waals surface area contributed by atoms with Crippen LogP contribution in [0, 0.1) is 5.92 Å². The van der Waals surface area contributed by atoms with Crippen LogP contribution in [0.3, 0.4) is 0 Å². The summed E-state index contributed by atoms with van der Waals surface area (Å²) in [5.41, 5.74) is 0. The third kappa shape index (κ3) is 28.7. The number of carbonyl (C=O) groups is 1. The first-order valence-corrected chi connectivity index (χ1v) is 16.6. The van der Waals surface area contributed by atoms with E-state index in [0.717, 1.165) is 30.5 Å². The van der Waals surface area contributed by atoms with Crippen molar-refractivity contribution in [3.05, 3.63) is 0 Å². The van der Waals surface area contributed by atoms with Crippen LogP contribution in [0.15, 0.2) is 0 Å². The molecule has 0 aliphatic rings. The van der Waals surface area contributed by atoms with Gasteiger partial charge >= 0.3 is 8.60 Å². The highest BCUT2D eigenvalue weighted by Gasteiger charge is 2.17. The maximum atomic E-state index is 12.0. The lowest BCUT2D eigenvalue weighted by molar-refractivity contribution is -0.870. The van der Waals surface area contributed by atoms with Crippen LogP contribution in [0.5, 0.6) is 0 Å². The number of ketones is 1. The number of carbonyl (C=O) groups excluding carboxylic acids is 1. The molecule has 7 heteroatoms. The highest BCUT2D eigenvalue weighted by Crippen LogP contribution is 2.34. The van der Waals surface area contributed by atoms with Crippen LogP contribution in [-0.4, -0.2) is 69.3 Å². The van der Waals surface area contributed by atoms with Gasteiger partial charge in [-0.2, -0.15) is 0 Å². The van der Waals surface area contributed by atoms with Crippen molar-refractivity contribution in [2.75, 3.05) is 54.1 Å². The molecule has 2 atom stereocenters. The average molecular weight is 549 g/mol. The van der Waals surface area contributed by atoms with Gasteiger partial charge in [0, 0.05) is 31.8 Å². The van der Waals surface area contributed by atoms with Gasteiger partial charge in [0.25, 0.3) is 0 Å². The fourth-order valence-corrected chi connectivity index (χ4v) is 5.04. The van der Waals surface area contributed by atoms with E-state index in [1.807, 2.05) is 6.92 Å². The molecule has 0 fully saturated rings. The Labute approximate surface area is 231 Å². The third-order valence-electron chi connectivity index (χ3n) is 6.75.